The van der Waals surface area contributed by atoms with E-state index in [1.807, 2.05) is 6.08 Å². The van der Waals surface area contributed by atoms with Gasteiger partial charge >= 0.3 is 17.9 Å². The number of carbonyl (C=O) groups excluding carboxylic acids is 3. The van der Waals surface area contributed by atoms with E-state index in [-0.39, 0.29) is 38.0 Å². The molecular formula is C70H110O6. The highest BCUT2D eigenvalue weighted by molar-refractivity contribution is 5.72. The van der Waals surface area contributed by atoms with Gasteiger partial charge in [0.1, 0.15) is 13.2 Å². The molecule has 0 aliphatic rings. The standard InChI is InChI=1S/C70H110O6/c1-4-7-10-13-16-19-22-25-28-30-31-32-33-34-35-36-37-38-39-40-43-45-48-51-54-57-60-63-69(72)75-66-67(65-74-68(71)62-59-56-53-50-47-44-41-27-24-21-18-15-12-9-6-3)76-70(73)64-61-58-55-52-49-46-42-29-26-23-20-17-14-11-8-5-2/h7,9-10,12,16,18-19,21,25,27-28,31-32,34-35,37-38,40-41,43,47-48,50-51,56,59,67H,4-6,8,11,13-15,17,20,22-24,26,29-30,33,36,39,42,44-46,49,52-55,57-58,60-66H2,1-3H3/b10-7-,12-9-,19-16-,21-18-,28-25-,32-31-,35-34-,38-37-,41-27-,43-40-,50-47-,51-48-,59-56-. The Balaban J connectivity index is 4.53. The second kappa shape index (κ2) is 62.6. The van der Waals surface area contributed by atoms with Crippen molar-refractivity contribution >= 4 is 17.9 Å². The van der Waals surface area contributed by atoms with Crippen LogP contribution in [0.5, 0.6) is 0 Å². The van der Waals surface area contributed by atoms with E-state index < -0.39 is 12.1 Å². The van der Waals surface area contributed by atoms with E-state index in [1.165, 1.54) is 83.5 Å². The quantitative estimate of drug-likeness (QED) is 0.0261. The van der Waals surface area contributed by atoms with Gasteiger partial charge in [0, 0.05) is 12.8 Å². The second-order valence-corrected chi connectivity index (χ2v) is 19.5. The van der Waals surface area contributed by atoms with Gasteiger partial charge in [0.25, 0.3) is 0 Å². The lowest BCUT2D eigenvalue weighted by molar-refractivity contribution is -0.166. The van der Waals surface area contributed by atoms with Crippen LogP contribution in [0, 0.1) is 0 Å². The van der Waals surface area contributed by atoms with Crippen LogP contribution >= 0.6 is 0 Å². The SMILES string of the molecule is CC/C=C\C/C=C\C/C=C\C/C=C\C/C=C\C/C=C\C/C=C\C/C=C\CCCCC(=O)OCC(COC(=O)C/C=C\C/C=C\C/C=C\C/C=C\C/C=C\CC)OC(=O)CCCCCCCCCCCCCCCCCC. The Morgan fingerprint density at radius 2 is 0.566 bits per heavy atom. The van der Waals surface area contributed by atoms with Crippen molar-refractivity contribution < 1.29 is 28.6 Å². The third-order valence-electron chi connectivity index (χ3n) is 12.3. The minimum absolute atomic E-state index is 0.113. The molecule has 0 amide bonds. The molecule has 1 unspecified atom stereocenters. The number of allylic oxidation sites excluding steroid dienone is 25. The molecule has 0 saturated heterocycles. The molecule has 0 bridgehead atoms. The molecule has 0 aromatic carbocycles. The first-order chi connectivity index (χ1) is 37.5. The Morgan fingerprint density at radius 1 is 0.289 bits per heavy atom. The molecular weight excluding hydrogens is 937 g/mol. The van der Waals surface area contributed by atoms with E-state index in [2.05, 4.69) is 167 Å². The van der Waals surface area contributed by atoms with Crippen LogP contribution in [0.2, 0.25) is 0 Å². The van der Waals surface area contributed by atoms with Crippen LogP contribution in [0.4, 0.5) is 0 Å². The first-order valence-corrected chi connectivity index (χ1v) is 30.5. The minimum atomic E-state index is -0.842. The van der Waals surface area contributed by atoms with Gasteiger partial charge < -0.3 is 14.2 Å². The number of hydrogen-bond donors (Lipinski definition) is 0. The van der Waals surface area contributed by atoms with Gasteiger partial charge in [0.05, 0.1) is 6.42 Å². The number of ether oxygens (including phenoxy) is 3. The van der Waals surface area contributed by atoms with Crippen LogP contribution in [0.3, 0.4) is 0 Å². The molecule has 1 atom stereocenters. The molecule has 0 aromatic heterocycles. The second-order valence-electron chi connectivity index (χ2n) is 19.5. The number of carbonyl (C=O) groups is 3. The summed E-state index contributed by atoms with van der Waals surface area (Å²) in [5.41, 5.74) is 0. The average Bonchev–Trinajstić information content (AvgIpc) is 3.42. The molecule has 0 N–H and O–H groups in total. The summed E-state index contributed by atoms with van der Waals surface area (Å²) in [7, 11) is 0. The van der Waals surface area contributed by atoms with Crippen LogP contribution in [0.25, 0.3) is 0 Å². The van der Waals surface area contributed by atoms with Gasteiger partial charge in [-0.05, 0) is 109 Å². The summed E-state index contributed by atoms with van der Waals surface area (Å²) in [5, 5.41) is 0. The van der Waals surface area contributed by atoms with Crippen molar-refractivity contribution in [3.63, 3.8) is 0 Å². The van der Waals surface area contributed by atoms with E-state index in [1.54, 1.807) is 6.08 Å². The van der Waals surface area contributed by atoms with Gasteiger partial charge in [0.2, 0.25) is 0 Å². The lowest BCUT2D eigenvalue weighted by Crippen LogP contribution is -2.30. The summed E-state index contributed by atoms with van der Waals surface area (Å²) in [5.74, 6) is -1.11. The van der Waals surface area contributed by atoms with Crippen LogP contribution in [-0.2, 0) is 28.6 Å². The fraction of sp³-hybridized carbons (Fsp3) is 0.586. The first kappa shape index (κ1) is 71.0. The van der Waals surface area contributed by atoms with Crippen molar-refractivity contribution in [2.45, 2.75) is 252 Å². The minimum Gasteiger partial charge on any atom is -0.462 e. The van der Waals surface area contributed by atoms with Crippen molar-refractivity contribution in [1.29, 1.82) is 0 Å². The van der Waals surface area contributed by atoms with Gasteiger partial charge in [-0.25, -0.2) is 0 Å². The third-order valence-corrected chi connectivity index (χ3v) is 12.3. The summed E-state index contributed by atoms with van der Waals surface area (Å²) >= 11 is 0. The zero-order valence-corrected chi connectivity index (χ0v) is 48.7. The van der Waals surface area contributed by atoms with Gasteiger partial charge in [-0.1, -0.05) is 275 Å². The van der Waals surface area contributed by atoms with Crippen molar-refractivity contribution in [2.75, 3.05) is 13.2 Å². The predicted octanol–water partition coefficient (Wildman–Crippen LogP) is 20.9. The molecule has 6 nitrogen and oxygen atoms in total. The maximum Gasteiger partial charge on any atom is 0.309 e. The van der Waals surface area contributed by atoms with Gasteiger partial charge in [-0.3, -0.25) is 14.4 Å². The van der Waals surface area contributed by atoms with Crippen LogP contribution in [0.1, 0.15) is 245 Å². The Hall–Kier alpha value is -4.97. The largest absolute Gasteiger partial charge is 0.462 e. The van der Waals surface area contributed by atoms with Gasteiger partial charge in [-0.2, -0.15) is 0 Å². The number of hydrogen-bond acceptors (Lipinski definition) is 6. The summed E-state index contributed by atoms with van der Waals surface area (Å²) in [6.07, 6.45) is 91.3. The fourth-order valence-electron chi connectivity index (χ4n) is 7.82. The topological polar surface area (TPSA) is 78.9 Å². The van der Waals surface area contributed by atoms with E-state index in [0.29, 0.717) is 12.8 Å². The Bertz CT molecular complexity index is 1720. The highest BCUT2D eigenvalue weighted by Crippen LogP contribution is 2.15. The number of unbranched alkanes of at least 4 members (excludes halogenated alkanes) is 17. The van der Waals surface area contributed by atoms with Crippen molar-refractivity contribution in [3.8, 4) is 0 Å². The van der Waals surface area contributed by atoms with E-state index >= 15 is 0 Å². The summed E-state index contributed by atoms with van der Waals surface area (Å²) in [6, 6.07) is 0. The van der Waals surface area contributed by atoms with Gasteiger partial charge in [0.15, 0.2) is 6.10 Å². The molecule has 0 aliphatic heterocycles. The Kier molecular flexibility index (Phi) is 58.5. The third kappa shape index (κ3) is 59.9. The average molecular weight is 1050 g/mol. The molecule has 0 aromatic rings. The monoisotopic (exact) mass is 1050 g/mol. The fourth-order valence-corrected chi connectivity index (χ4v) is 7.82. The Labute approximate surface area is 467 Å². The highest BCUT2D eigenvalue weighted by atomic mass is 16.6. The van der Waals surface area contributed by atoms with E-state index in [9.17, 15) is 14.4 Å². The maximum absolute atomic E-state index is 12.9. The molecule has 0 rings (SSSR count). The summed E-state index contributed by atoms with van der Waals surface area (Å²) < 4.78 is 16.7. The number of rotatable bonds is 53. The number of esters is 3. The molecule has 0 spiro atoms. The highest BCUT2D eigenvalue weighted by Gasteiger charge is 2.19. The zero-order chi connectivity index (χ0) is 55.0. The molecule has 76 heavy (non-hydrogen) atoms. The molecule has 6 heteroatoms. The van der Waals surface area contributed by atoms with E-state index in [0.717, 1.165) is 116 Å². The van der Waals surface area contributed by atoms with Gasteiger partial charge in [-0.15, -0.1) is 0 Å². The molecule has 0 saturated carbocycles. The predicted molar refractivity (Wildman–Crippen MR) is 329 cm³/mol. The van der Waals surface area contributed by atoms with Crippen LogP contribution in [0.15, 0.2) is 158 Å². The van der Waals surface area contributed by atoms with Crippen LogP contribution < -0.4 is 0 Å². The molecule has 0 radical (unpaired) electrons. The first-order valence-electron chi connectivity index (χ1n) is 30.5. The van der Waals surface area contributed by atoms with E-state index in [4.69, 9.17) is 14.2 Å². The van der Waals surface area contributed by atoms with Crippen LogP contribution in [-0.4, -0.2) is 37.2 Å². The molecule has 0 aliphatic carbocycles. The lowest BCUT2D eigenvalue weighted by Gasteiger charge is -2.18. The maximum atomic E-state index is 12.9. The smallest absolute Gasteiger partial charge is 0.309 e. The summed E-state index contributed by atoms with van der Waals surface area (Å²) in [6.45, 7) is 6.28. The molecule has 426 valence electrons. The van der Waals surface area contributed by atoms with Crippen molar-refractivity contribution in [3.05, 3.63) is 158 Å². The lowest BCUT2D eigenvalue weighted by atomic mass is 10.0. The summed E-state index contributed by atoms with van der Waals surface area (Å²) in [4.78, 5) is 38.2. The zero-order valence-electron chi connectivity index (χ0n) is 48.7. The molecule has 0 heterocycles. The normalized spacial score (nSPS) is 13.2. The Morgan fingerprint density at radius 3 is 0.921 bits per heavy atom. The van der Waals surface area contributed by atoms with Crippen molar-refractivity contribution in [2.24, 2.45) is 0 Å². The van der Waals surface area contributed by atoms with Crippen molar-refractivity contribution in [1.82, 2.24) is 0 Å². The molecule has 0 fully saturated rings.